The zero-order chi connectivity index (χ0) is 18.5. The Kier molecular flexibility index (Phi) is 5.58. The minimum atomic E-state index is -0.303. The number of hydrogen-bond donors (Lipinski definition) is 1. The minimum Gasteiger partial charge on any atom is -0.489 e. The quantitative estimate of drug-likeness (QED) is 0.682. The fourth-order valence-electron chi connectivity index (χ4n) is 2.54. The molecule has 0 fully saturated rings. The molecule has 0 saturated carbocycles. The lowest BCUT2D eigenvalue weighted by atomic mass is 10.1. The number of rotatable bonds is 6. The molecule has 5 nitrogen and oxygen atoms in total. The number of aromatic nitrogens is 1. The fourth-order valence-corrected chi connectivity index (χ4v) is 2.72. The number of hydrogen-bond acceptors (Lipinski definition) is 4. The normalized spacial score (nSPS) is 11.8. The molecule has 134 valence electrons. The number of carbonyl (C=O) groups excluding carboxylic acids is 1. The Morgan fingerprint density at radius 3 is 2.73 bits per heavy atom. The Bertz CT molecular complexity index is 893. The van der Waals surface area contributed by atoms with Crippen LogP contribution in [0.3, 0.4) is 0 Å². The monoisotopic (exact) mass is 370 g/mol. The molecule has 1 amide bonds. The lowest BCUT2D eigenvalue weighted by Gasteiger charge is -2.14. The van der Waals surface area contributed by atoms with Crippen LogP contribution in [-0.2, 0) is 6.61 Å². The Morgan fingerprint density at radius 1 is 1.23 bits per heavy atom. The van der Waals surface area contributed by atoms with Gasteiger partial charge < -0.3 is 14.6 Å². The van der Waals surface area contributed by atoms with E-state index in [0.717, 1.165) is 5.56 Å². The molecule has 0 radical (unpaired) electrons. The van der Waals surface area contributed by atoms with Crippen molar-refractivity contribution >= 4 is 17.5 Å². The summed E-state index contributed by atoms with van der Waals surface area (Å²) < 4.78 is 10.9. The van der Waals surface area contributed by atoms with Gasteiger partial charge in [0.05, 0.1) is 11.6 Å². The van der Waals surface area contributed by atoms with Gasteiger partial charge in [0.1, 0.15) is 18.1 Å². The van der Waals surface area contributed by atoms with Gasteiger partial charge in [-0.3, -0.25) is 4.79 Å². The number of halogens is 1. The topological polar surface area (TPSA) is 64.4 Å². The van der Waals surface area contributed by atoms with Crippen molar-refractivity contribution in [2.45, 2.75) is 26.5 Å². The van der Waals surface area contributed by atoms with Crippen LogP contribution in [0.15, 0.2) is 59.1 Å². The third-order valence-corrected chi connectivity index (χ3v) is 4.26. The minimum absolute atomic E-state index is 0.151. The van der Waals surface area contributed by atoms with Gasteiger partial charge in [-0.15, -0.1) is 0 Å². The van der Waals surface area contributed by atoms with Crippen molar-refractivity contribution in [1.29, 1.82) is 0 Å². The smallest absolute Gasteiger partial charge is 0.274 e. The molecular weight excluding hydrogens is 352 g/mol. The molecule has 1 N–H and O–H groups in total. The Labute approximate surface area is 156 Å². The van der Waals surface area contributed by atoms with Crippen LogP contribution in [0.4, 0.5) is 0 Å². The van der Waals surface area contributed by atoms with Gasteiger partial charge in [0.15, 0.2) is 5.69 Å². The number of benzene rings is 2. The SMILES string of the molecule is Cc1onc(C(=O)NC(C)c2ccccc2)c1COc1cccc(Cl)c1. The Hall–Kier alpha value is -2.79. The summed E-state index contributed by atoms with van der Waals surface area (Å²) in [6.45, 7) is 3.83. The number of nitrogens with zero attached hydrogens (tertiary/aromatic N) is 1. The Morgan fingerprint density at radius 2 is 2.00 bits per heavy atom. The van der Waals surface area contributed by atoms with Crippen molar-refractivity contribution in [1.82, 2.24) is 10.5 Å². The predicted molar refractivity (Wildman–Crippen MR) is 99.3 cm³/mol. The largest absolute Gasteiger partial charge is 0.489 e. The maximum absolute atomic E-state index is 12.6. The van der Waals surface area contributed by atoms with E-state index >= 15 is 0 Å². The molecule has 1 aromatic heterocycles. The van der Waals surface area contributed by atoms with Crippen molar-refractivity contribution in [2.24, 2.45) is 0 Å². The van der Waals surface area contributed by atoms with Crippen LogP contribution in [0, 0.1) is 6.92 Å². The van der Waals surface area contributed by atoms with Crippen molar-refractivity contribution < 1.29 is 14.1 Å². The second kappa shape index (κ2) is 8.06. The van der Waals surface area contributed by atoms with Gasteiger partial charge in [0.25, 0.3) is 5.91 Å². The van der Waals surface area contributed by atoms with E-state index in [2.05, 4.69) is 10.5 Å². The highest BCUT2D eigenvalue weighted by Gasteiger charge is 2.22. The van der Waals surface area contributed by atoms with Crippen molar-refractivity contribution in [2.75, 3.05) is 0 Å². The zero-order valence-corrected chi connectivity index (χ0v) is 15.3. The van der Waals surface area contributed by atoms with E-state index in [-0.39, 0.29) is 24.2 Å². The second-order valence-electron chi connectivity index (χ2n) is 5.92. The van der Waals surface area contributed by atoms with Crippen molar-refractivity contribution in [3.63, 3.8) is 0 Å². The zero-order valence-electron chi connectivity index (χ0n) is 14.5. The summed E-state index contributed by atoms with van der Waals surface area (Å²) in [5.74, 6) is 0.856. The van der Waals surface area contributed by atoms with Gasteiger partial charge in [-0.05, 0) is 37.6 Å². The van der Waals surface area contributed by atoms with Crippen molar-refractivity contribution in [3.8, 4) is 5.75 Å². The van der Waals surface area contributed by atoms with Crippen LogP contribution in [0.25, 0.3) is 0 Å². The molecule has 3 aromatic rings. The van der Waals surface area contributed by atoms with E-state index in [1.54, 1.807) is 31.2 Å². The van der Waals surface area contributed by atoms with Crippen LogP contribution in [-0.4, -0.2) is 11.1 Å². The number of carbonyl (C=O) groups is 1. The number of aryl methyl sites for hydroxylation is 1. The third-order valence-electron chi connectivity index (χ3n) is 4.03. The molecule has 26 heavy (non-hydrogen) atoms. The molecule has 1 heterocycles. The van der Waals surface area contributed by atoms with Gasteiger partial charge in [-0.2, -0.15) is 0 Å². The highest BCUT2D eigenvalue weighted by atomic mass is 35.5. The summed E-state index contributed by atoms with van der Waals surface area (Å²) in [7, 11) is 0. The summed E-state index contributed by atoms with van der Waals surface area (Å²) in [5, 5.41) is 7.42. The maximum Gasteiger partial charge on any atom is 0.274 e. The van der Waals surface area contributed by atoms with Gasteiger partial charge >= 0.3 is 0 Å². The van der Waals surface area contributed by atoms with Gasteiger partial charge in [-0.1, -0.05) is 53.2 Å². The molecule has 0 aliphatic heterocycles. The van der Waals surface area contributed by atoms with E-state index in [9.17, 15) is 4.79 Å². The molecule has 0 aliphatic carbocycles. The first-order valence-electron chi connectivity index (χ1n) is 8.24. The maximum atomic E-state index is 12.6. The van der Waals surface area contributed by atoms with Crippen LogP contribution in [0.1, 0.15) is 40.3 Å². The predicted octanol–water partition coefficient (Wildman–Crippen LogP) is 4.71. The summed E-state index contributed by atoms with van der Waals surface area (Å²) in [5.41, 5.74) is 1.85. The highest BCUT2D eigenvalue weighted by Crippen LogP contribution is 2.21. The molecule has 3 rings (SSSR count). The second-order valence-corrected chi connectivity index (χ2v) is 6.35. The van der Waals surface area contributed by atoms with Gasteiger partial charge in [0.2, 0.25) is 0 Å². The highest BCUT2D eigenvalue weighted by molar-refractivity contribution is 6.30. The molecule has 6 heteroatoms. The number of amides is 1. The average molecular weight is 371 g/mol. The van der Waals surface area contributed by atoms with E-state index in [0.29, 0.717) is 22.1 Å². The lowest BCUT2D eigenvalue weighted by molar-refractivity contribution is 0.0928. The molecular formula is C20H19ClN2O3. The molecule has 0 spiro atoms. The number of ether oxygens (including phenoxy) is 1. The molecule has 0 bridgehead atoms. The first-order chi connectivity index (χ1) is 12.5. The van der Waals surface area contributed by atoms with E-state index < -0.39 is 0 Å². The molecule has 1 unspecified atom stereocenters. The molecule has 2 aromatic carbocycles. The van der Waals surface area contributed by atoms with Crippen LogP contribution in [0.2, 0.25) is 5.02 Å². The molecule has 1 atom stereocenters. The average Bonchev–Trinajstić information content (AvgIpc) is 3.01. The first kappa shape index (κ1) is 18.0. The summed E-state index contributed by atoms with van der Waals surface area (Å²) in [6.07, 6.45) is 0. The van der Waals surface area contributed by atoms with Gasteiger partial charge in [0, 0.05) is 5.02 Å². The summed E-state index contributed by atoms with van der Waals surface area (Å²) in [6, 6.07) is 16.6. The van der Waals surface area contributed by atoms with Gasteiger partial charge in [-0.25, -0.2) is 0 Å². The first-order valence-corrected chi connectivity index (χ1v) is 8.61. The summed E-state index contributed by atoms with van der Waals surface area (Å²) >= 11 is 5.96. The van der Waals surface area contributed by atoms with E-state index in [4.69, 9.17) is 20.9 Å². The fraction of sp³-hybridized carbons (Fsp3) is 0.200. The summed E-state index contributed by atoms with van der Waals surface area (Å²) in [4.78, 5) is 12.6. The lowest BCUT2D eigenvalue weighted by Crippen LogP contribution is -2.28. The van der Waals surface area contributed by atoms with E-state index in [1.807, 2.05) is 37.3 Å². The molecule has 0 aliphatic rings. The third kappa shape index (κ3) is 4.24. The van der Waals surface area contributed by atoms with Crippen LogP contribution in [0.5, 0.6) is 5.75 Å². The van der Waals surface area contributed by atoms with Crippen LogP contribution < -0.4 is 10.1 Å². The Balaban J connectivity index is 1.71. The molecule has 0 saturated heterocycles. The number of nitrogens with one attached hydrogen (secondary N) is 1. The standard InChI is InChI=1S/C20H19ClN2O3/c1-13(15-7-4-3-5-8-15)22-20(24)19-18(14(2)26-23-19)12-25-17-10-6-9-16(21)11-17/h3-11,13H,12H2,1-2H3,(H,22,24). The van der Waals surface area contributed by atoms with E-state index in [1.165, 1.54) is 0 Å². The van der Waals surface area contributed by atoms with Crippen molar-refractivity contribution in [3.05, 3.63) is 82.2 Å². The van der Waals surface area contributed by atoms with Crippen LogP contribution >= 0.6 is 11.6 Å².